The third kappa shape index (κ3) is 5.49. The maximum atomic E-state index is 11.6. The van der Waals surface area contributed by atoms with Gasteiger partial charge in [0.05, 0.1) is 8.45 Å². The van der Waals surface area contributed by atoms with Crippen LogP contribution in [0.4, 0.5) is 0 Å². The van der Waals surface area contributed by atoms with Gasteiger partial charge in [0.2, 0.25) is 5.91 Å². The van der Waals surface area contributed by atoms with Crippen LogP contribution < -0.4 is 10.6 Å². The molecular weight excluding hydrogens is 351 g/mol. The Kier molecular flexibility index (Phi) is 6.49. The molecule has 1 aromatic heterocycles. The zero-order valence-electron chi connectivity index (χ0n) is 9.59. The molecule has 0 aliphatic heterocycles. The second-order valence-corrected chi connectivity index (χ2v) is 6.30. The number of hydrogen-bond acceptors (Lipinski definition) is 3. The monoisotopic (exact) mass is 366 g/mol. The lowest BCUT2D eigenvalue weighted by Crippen LogP contribution is -2.30. The van der Waals surface area contributed by atoms with Crippen molar-refractivity contribution in [1.82, 2.24) is 10.6 Å². The van der Waals surface area contributed by atoms with Crippen molar-refractivity contribution in [3.8, 4) is 0 Å². The Morgan fingerprint density at radius 3 is 2.71 bits per heavy atom. The first kappa shape index (κ1) is 14.4. The summed E-state index contributed by atoms with van der Waals surface area (Å²) in [5.74, 6) is -0.139. The highest BCUT2D eigenvalue weighted by Crippen LogP contribution is 2.16. The summed E-state index contributed by atoms with van der Waals surface area (Å²) in [5.41, 5.74) is 0.661. The van der Waals surface area contributed by atoms with Gasteiger partial charge in [0.25, 0.3) is 5.91 Å². The molecule has 4 nitrogen and oxygen atoms in total. The summed E-state index contributed by atoms with van der Waals surface area (Å²) in [6.07, 6.45) is 1.25. The molecule has 1 rings (SSSR count). The van der Waals surface area contributed by atoms with Crippen LogP contribution in [0.2, 0.25) is 0 Å². The molecule has 0 bridgehead atoms. The SMILES string of the molecule is CCCNC(=O)CCNC(=O)c1csc(I)c1. The van der Waals surface area contributed by atoms with Crippen LogP contribution in [0.3, 0.4) is 0 Å². The Bertz CT molecular complexity index is 393. The predicted octanol–water partition coefficient (Wildman–Crippen LogP) is 2.00. The van der Waals surface area contributed by atoms with Crippen molar-refractivity contribution in [2.24, 2.45) is 0 Å². The summed E-state index contributed by atoms with van der Waals surface area (Å²) in [4.78, 5) is 22.9. The average molecular weight is 366 g/mol. The lowest BCUT2D eigenvalue weighted by Gasteiger charge is -2.04. The highest BCUT2D eigenvalue weighted by Gasteiger charge is 2.07. The van der Waals surface area contributed by atoms with E-state index < -0.39 is 0 Å². The van der Waals surface area contributed by atoms with E-state index in [9.17, 15) is 9.59 Å². The lowest BCUT2D eigenvalue weighted by molar-refractivity contribution is -0.120. The Labute approximate surface area is 118 Å². The van der Waals surface area contributed by atoms with Gasteiger partial charge < -0.3 is 10.6 Å². The average Bonchev–Trinajstić information content (AvgIpc) is 2.73. The van der Waals surface area contributed by atoms with E-state index in [2.05, 4.69) is 33.2 Å². The van der Waals surface area contributed by atoms with E-state index >= 15 is 0 Å². The van der Waals surface area contributed by atoms with Crippen LogP contribution in [0, 0.1) is 2.88 Å². The van der Waals surface area contributed by atoms with Crippen molar-refractivity contribution < 1.29 is 9.59 Å². The van der Waals surface area contributed by atoms with Gasteiger partial charge in [-0.2, -0.15) is 0 Å². The number of hydrogen-bond donors (Lipinski definition) is 2. The van der Waals surface area contributed by atoms with Gasteiger partial charge in [-0.3, -0.25) is 9.59 Å². The molecule has 2 amide bonds. The van der Waals surface area contributed by atoms with Crippen LogP contribution in [-0.4, -0.2) is 24.9 Å². The maximum absolute atomic E-state index is 11.6. The maximum Gasteiger partial charge on any atom is 0.252 e. The fraction of sp³-hybridized carbons (Fsp3) is 0.455. The van der Waals surface area contributed by atoms with Crippen molar-refractivity contribution >= 4 is 45.7 Å². The number of nitrogens with one attached hydrogen (secondary N) is 2. The first-order valence-corrected chi connectivity index (χ1v) is 7.38. The molecule has 6 heteroatoms. The van der Waals surface area contributed by atoms with E-state index in [0.717, 1.165) is 9.30 Å². The molecule has 2 N–H and O–H groups in total. The molecule has 0 unspecified atom stereocenters. The molecule has 0 atom stereocenters. The Balaban J connectivity index is 2.23. The number of thiophene rings is 1. The fourth-order valence-electron chi connectivity index (χ4n) is 1.17. The number of carbonyl (C=O) groups is 2. The zero-order chi connectivity index (χ0) is 12.7. The highest BCUT2D eigenvalue weighted by molar-refractivity contribution is 14.1. The first-order chi connectivity index (χ1) is 8.13. The number of amides is 2. The second kappa shape index (κ2) is 7.65. The molecule has 0 radical (unpaired) electrons. The summed E-state index contributed by atoms with van der Waals surface area (Å²) < 4.78 is 1.08. The Morgan fingerprint density at radius 1 is 1.35 bits per heavy atom. The van der Waals surface area contributed by atoms with E-state index in [-0.39, 0.29) is 11.8 Å². The third-order valence-corrected chi connectivity index (χ3v) is 3.83. The Hall–Kier alpha value is -0.630. The molecule has 1 aromatic rings. The summed E-state index contributed by atoms with van der Waals surface area (Å²) in [6, 6.07) is 1.83. The van der Waals surface area contributed by atoms with Gasteiger partial charge in [0.1, 0.15) is 0 Å². The quantitative estimate of drug-likeness (QED) is 0.757. The minimum absolute atomic E-state index is 0.0213. The van der Waals surface area contributed by atoms with Crippen LogP contribution >= 0.6 is 33.9 Å². The van der Waals surface area contributed by atoms with E-state index in [0.29, 0.717) is 25.1 Å². The fourth-order valence-corrected chi connectivity index (χ4v) is 2.50. The molecule has 1 heterocycles. The largest absolute Gasteiger partial charge is 0.356 e. The topological polar surface area (TPSA) is 58.2 Å². The highest BCUT2D eigenvalue weighted by atomic mass is 127. The number of carbonyl (C=O) groups excluding carboxylic acids is 2. The normalized spacial score (nSPS) is 10.0. The molecule has 0 fully saturated rings. The summed E-state index contributed by atoms with van der Waals surface area (Å²) >= 11 is 3.70. The number of rotatable bonds is 6. The standard InChI is InChI=1S/C11H15IN2O2S/c1-2-4-13-10(15)3-5-14-11(16)8-6-9(12)17-7-8/h6-7H,2-5H2,1H3,(H,13,15)(H,14,16). The van der Waals surface area contributed by atoms with Crippen LogP contribution in [0.5, 0.6) is 0 Å². The van der Waals surface area contributed by atoms with Gasteiger partial charge >= 0.3 is 0 Å². The summed E-state index contributed by atoms with van der Waals surface area (Å²) in [6.45, 7) is 3.07. The van der Waals surface area contributed by atoms with Crippen molar-refractivity contribution in [2.75, 3.05) is 13.1 Å². The van der Waals surface area contributed by atoms with E-state index in [4.69, 9.17) is 0 Å². The Morgan fingerprint density at radius 2 is 2.12 bits per heavy atom. The van der Waals surface area contributed by atoms with Gasteiger partial charge in [-0.05, 0) is 35.1 Å². The van der Waals surface area contributed by atoms with E-state index in [1.54, 1.807) is 0 Å². The number of halogens is 1. The van der Waals surface area contributed by atoms with Crippen LogP contribution in [-0.2, 0) is 4.79 Å². The summed E-state index contributed by atoms with van der Waals surface area (Å²) in [5, 5.41) is 7.30. The van der Waals surface area contributed by atoms with E-state index in [1.165, 1.54) is 11.3 Å². The lowest BCUT2D eigenvalue weighted by atomic mass is 10.3. The van der Waals surface area contributed by atoms with E-state index in [1.807, 2.05) is 18.4 Å². The summed E-state index contributed by atoms with van der Waals surface area (Å²) in [7, 11) is 0. The van der Waals surface area contributed by atoms with Gasteiger partial charge in [-0.1, -0.05) is 6.92 Å². The van der Waals surface area contributed by atoms with Gasteiger partial charge in [-0.15, -0.1) is 11.3 Å². The van der Waals surface area contributed by atoms with Crippen molar-refractivity contribution in [1.29, 1.82) is 0 Å². The van der Waals surface area contributed by atoms with Crippen LogP contribution in [0.1, 0.15) is 30.1 Å². The van der Waals surface area contributed by atoms with Gasteiger partial charge in [-0.25, -0.2) is 0 Å². The molecule has 0 aliphatic carbocycles. The van der Waals surface area contributed by atoms with Crippen molar-refractivity contribution in [2.45, 2.75) is 19.8 Å². The molecule has 0 aliphatic rings. The molecule has 0 spiro atoms. The van der Waals surface area contributed by atoms with Crippen molar-refractivity contribution in [3.63, 3.8) is 0 Å². The zero-order valence-corrected chi connectivity index (χ0v) is 12.6. The predicted molar refractivity (Wildman–Crippen MR) is 77.3 cm³/mol. The third-order valence-electron chi connectivity index (χ3n) is 2.04. The molecular formula is C11H15IN2O2S. The minimum Gasteiger partial charge on any atom is -0.356 e. The van der Waals surface area contributed by atoms with Crippen LogP contribution in [0.15, 0.2) is 11.4 Å². The smallest absolute Gasteiger partial charge is 0.252 e. The van der Waals surface area contributed by atoms with Crippen LogP contribution in [0.25, 0.3) is 0 Å². The molecule has 17 heavy (non-hydrogen) atoms. The second-order valence-electron chi connectivity index (χ2n) is 3.50. The molecule has 0 aromatic carbocycles. The van der Waals surface area contributed by atoms with Gasteiger partial charge in [0, 0.05) is 24.9 Å². The first-order valence-electron chi connectivity index (χ1n) is 5.42. The minimum atomic E-state index is -0.118. The molecule has 0 saturated carbocycles. The van der Waals surface area contributed by atoms with Crippen molar-refractivity contribution in [3.05, 3.63) is 19.9 Å². The molecule has 94 valence electrons. The van der Waals surface area contributed by atoms with Gasteiger partial charge in [0.15, 0.2) is 0 Å². The molecule has 0 saturated heterocycles.